The smallest absolute Gasteiger partial charge is 0.333 e. The Labute approximate surface area is 355 Å². The summed E-state index contributed by atoms with van der Waals surface area (Å²) in [5, 5.41) is 2.36. The van der Waals surface area contributed by atoms with E-state index in [1.54, 1.807) is 7.11 Å². The molecule has 2 aliphatic carbocycles. The van der Waals surface area contributed by atoms with Gasteiger partial charge in [-0.05, 0) is 103 Å². The maximum atomic E-state index is 14.2. The lowest BCUT2D eigenvalue weighted by molar-refractivity contribution is -0.280. The molecule has 1 spiro atoms. The maximum Gasteiger partial charge on any atom is 0.333 e. The first-order chi connectivity index (χ1) is 28.4. The number of unbranched alkanes of at least 4 members (excludes halogenated alkanes) is 3. The molecule has 0 saturated carbocycles. The standard InChI is InChI=1S/C51H68O7Si/c1-9-10-11-12-13-16-21-39-34-45-47(55-35-38-26-28-40(53-7)29-27-38)46(44(48(52)54-8)30-32-51(45)36-56-50(5,6)57-37-51)43(39)31-33-58-59(49(2,3)4,41-22-17-14-18-23-41)42-24-19-15-20-25-42/h9-10,14-15,17-20,22-30,34,39,43,46-47H,11-13,16,21,31-33,35-37H2,1-8H3/b10-9+/t39-,43+,46+,47+/m1/s1. The van der Waals surface area contributed by atoms with Gasteiger partial charge in [-0.1, -0.05) is 131 Å². The van der Waals surface area contributed by atoms with Crippen LogP contribution in [0, 0.1) is 23.2 Å². The highest BCUT2D eigenvalue weighted by Gasteiger charge is 2.55. The van der Waals surface area contributed by atoms with Gasteiger partial charge in [0, 0.05) is 23.5 Å². The van der Waals surface area contributed by atoms with E-state index in [-0.39, 0.29) is 28.8 Å². The van der Waals surface area contributed by atoms with Gasteiger partial charge in [0.05, 0.1) is 40.1 Å². The van der Waals surface area contributed by atoms with Gasteiger partial charge < -0.3 is 28.1 Å². The number of fused-ring (bicyclic) bond motifs is 3. The van der Waals surface area contributed by atoms with E-state index >= 15 is 0 Å². The van der Waals surface area contributed by atoms with Crippen LogP contribution in [0.15, 0.2) is 120 Å². The number of carbonyl (C=O) groups is 1. The number of benzene rings is 3. The van der Waals surface area contributed by atoms with Crippen molar-refractivity contribution in [1.82, 2.24) is 0 Å². The van der Waals surface area contributed by atoms with Crippen molar-refractivity contribution in [2.24, 2.45) is 23.2 Å². The fourth-order valence-corrected chi connectivity index (χ4v) is 14.4. The zero-order valence-electron chi connectivity index (χ0n) is 36.8. The van der Waals surface area contributed by atoms with Crippen LogP contribution in [0.3, 0.4) is 0 Å². The Bertz CT molecular complexity index is 1840. The molecule has 0 unspecified atom stereocenters. The predicted molar refractivity (Wildman–Crippen MR) is 239 cm³/mol. The van der Waals surface area contributed by atoms with Crippen molar-refractivity contribution < 1.29 is 32.9 Å². The maximum absolute atomic E-state index is 14.2. The highest BCUT2D eigenvalue weighted by molar-refractivity contribution is 6.99. The molecule has 1 saturated heterocycles. The Morgan fingerprint density at radius 3 is 2.08 bits per heavy atom. The average Bonchev–Trinajstić information content (AvgIpc) is 3.33. The summed E-state index contributed by atoms with van der Waals surface area (Å²) in [6.07, 6.45) is 15.5. The number of esters is 1. The average molecular weight is 821 g/mol. The summed E-state index contributed by atoms with van der Waals surface area (Å²) in [6.45, 7) is 14.9. The van der Waals surface area contributed by atoms with E-state index in [0.29, 0.717) is 38.4 Å². The summed E-state index contributed by atoms with van der Waals surface area (Å²) in [7, 11) is 0.353. The first-order valence-corrected chi connectivity index (χ1v) is 23.7. The van der Waals surface area contributed by atoms with E-state index in [2.05, 4.69) is 113 Å². The summed E-state index contributed by atoms with van der Waals surface area (Å²) in [5.74, 6) is -0.230. The molecule has 3 aliphatic rings. The molecule has 7 nitrogen and oxygen atoms in total. The van der Waals surface area contributed by atoms with Crippen molar-refractivity contribution in [1.29, 1.82) is 0 Å². The summed E-state index contributed by atoms with van der Waals surface area (Å²) in [4.78, 5) is 14.2. The SMILES string of the molecule is C/C=C/CCCCC[C@@H]1C=C2[C@H](OCc3ccc(OC)cc3)[C@H](C(C(=O)OC)=CCC23COC(C)(C)OC3)[C@H]1CCO[Si](c1ccccc1)(c1ccccc1)C(C)(C)C. The number of ether oxygens (including phenoxy) is 5. The van der Waals surface area contributed by atoms with Crippen molar-refractivity contribution in [3.8, 4) is 5.75 Å². The van der Waals surface area contributed by atoms with Crippen molar-refractivity contribution in [2.75, 3.05) is 34.0 Å². The van der Waals surface area contributed by atoms with Crippen LogP contribution in [0.1, 0.15) is 92.1 Å². The summed E-state index contributed by atoms with van der Waals surface area (Å²) >= 11 is 0. The molecule has 2 bridgehead atoms. The third-order valence-electron chi connectivity index (χ3n) is 13.0. The summed E-state index contributed by atoms with van der Waals surface area (Å²) < 4.78 is 38.8. The molecule has 3 aromatic carbocycles. The molecule has 1 aliphatic heterocycles. The van der Waals surface area contributed by atoms with E-state index < -0.39 is 25.6 Å². The van der Waals surface area contributed by atoms with Gasteiger partial charge in [-0.2, -0.15) is 0 Å². The molecule has 0 aromatic heterocycles. The molecule has 0 amide bonds. The van der Waals surface area contributed by atoms with Gasteiger partial charge in [0.1, 0.15) is 5.75 Å². The zero-order chi connectivity index (χ0) is 42.1. The number of carbonyl (C=O) groups excluding carboxylic acids is 1. The van der Waals surface area contributed by atoms with Crippen LogP contribution in [-0.2, 0) is 34.8 Å². The lowest BCUT2D eigenvalue weighted by Crippen LogP contribution is -2.66. The van der Waals surface area contributed by atoms with Crippen LogP contribution in [0.25, 0.3) is 0 Å². The highest BCUT2D eigenvalue weighted by Crippen LogP contribution is 2.54. The Balaban J connectivity index is 1.44. The number of methoxy groups -OCH3 is 2. The Hall–Kier alpha value is -3.79. The summed E-state index contributed by atoms with van der Waals surface area (Å²) in [5.41, 5.74) is 2.42. The molecule has 0 N–H and O–H groups in total. The van der Waals surface area contributed by atoms with Gasteiger partial charge in [-0.15, -0.1) is 0 Å². The van der Waals surface area contributed by atoms with Crippen molar-refractivity contribution in [3.63, 3.8) is 0 Å². The Morgan fingerprint density at radius 2 is 1.51 bits per heavy atom. The van der Waals surface area contributed by atoms with Crippen LogP contribution in [0.4, 0.5) is 0 Å². The van der Waals surface area contributed by atoms with E-state index in [9.17, 15) is 4.79 Å². The Morgan fingerprint density at radius 1 is 0.864 bits per heavy atom. The van der Waals surface area contributed by atoms with E-state index in [1.807, 2.05) is 38.1 Å². The minimum atomic E-state index is -2.82. The molecule has 3 aromatic rings. The largest absolute Gasteiger partial charge is 0.497 e. The summed E-state index contributed by atoms with van der Waals surface area (Å²) in [6, 6.07) is 29.7. The molecule has 59 heavy (non-hydrogen) atoms. The molecule has 8 heteroatoms. The lowest BCUT2D eigenvalue weighted by atomic mass is 9.62. The topological polar surface area (TPSA) is 72.5 Å². The number of hydrogen-bond donors (Lipinski definition) is 0. The molecular weight excluding hydrogens is 753 g/mol. The van der Waals surface area contributed by atoms with Gasteiger partial charge in [0.25, 0.3) is 8.32 Å². The van der Waals surface area contributed by atoms with E-state index in [4.69, 9.17) is 28.1 Å². The van der Waals surface area contributed by atoms with Gasteiger partial charge in [0.15, 0.2) is 5.79 Å². The van der Waals surface area contributed by atoms with Crippen molar-refractivity contribution in [3.05, 3.63) is 126 Å². The second-order valence-electron chi connectivity index (χ2n) is 18.2. The van der Waals surface area contributed by atoms with Crippen LogP contribution < -0.4 is 15.1 Å². The fourth-order valence-electron chi connectivity index (χ4n) is 9.78. The minimum absolute atomic E-state index is 0.0516. The third kappa shape index (κ3) is 10.1. The van der Waals surface area contributed by atoms with E-state index in [0.717, 1.165) is 49.8 Å². The number of rotatable bonds is 17. The second kappa shape index (κ2) is 19.7. The second-order valence-corrected chi connectivity index (χ2v) is 22.5. The zero-order valence-corrected chi connectivity index (χ0v) is 37.8. The van der Waals surface area contributed by atoms with Crippen molar-refractivity contribution in [2.45, 2.75) is 110 Å². The van der Waals surface area contributed by atoms with Crippen molar-refractivity contribution >= 4 is 24.7 Å². The van der Waals surface area contributed by atoms with Crippen LogP contribution >= 0.6 is 0 Å². The molecule has 6 rings (SSSR count). The monoisotopic (exact) mass is 820 g/mol. The molecule has 0 radical (unpaired) electrons. The van der Waals surface area contributed by atoms with E-state index in [1.165, 1.54) is 23.1 Å². The van der Waals surface area contributed by atoms with Gasteiger partial charge in [0.2, 0.25) is 0 Å². The van der Waals surface area contributed by atoms with Gasteiger partial charge in [-0.25, -0.2) is 4.79 Å². The van der Waals surface area contributed by atoms with Gasteiger partial charge >= 0.3 is 5.97 Å². The Kier molecular flexibility index (Phi) is 15.0. The number of hydrogen-bond acceptors (Lipinski definition) is 7. The molecule has 4 atom stereocenters. The third-order valence-corrected chi connectivity index (χ3v) is 18.0. The van der Waals surface area contributed by atoms with Crippen LogP contribution in [0.5, 0.6) is 5.75 Å². The number of allylic oxidation sites excluding steroid dienone is 4. The first-order valence-electron chi connectivity index (χ1n) is 21.8. The molecule has 318 valence electrons. The minimum Gasteiger partial charge on any atom is -0.497 e. The van der Waals surface area contributed by atoms with Gasteiger partial charge in [-0.3, -0.25) is 0 Å². The van der Waals surface area contributed by atoms with Crippen LogP contribution in [-0.4, -0.2) is 60.2 Å². The lowest BCUT2D eigenvalue weighted by Gasteiger charge is -2.50. The quantitative estimate of drug-likeness (QED) is 0.0581. The molecule has 1 fully saturated rings. The molecule has 1 heterocycles. The molecular formula is C51H68O7Si. The normalized spacial score (nSPS) is 22.7. The highest BCUT2D eigenvalue weighted by atomic mass is 28.4. The predicted octanol–water partition coefficient (Wildman–Crippen LogP) is 10.1. The van der Waals surface area contributed by atoms with Crippen LogP contribution in [0.2, 0.25) is 5.04 Å². The first kappa shape index (κ1) is 44.8. The fraction of sp³-hybridized carbons (Fsp3) is 0.510.